The van der Waals surface area contributed by atoms with Crippen molar-refractivity contribution in [1.29, 1.82) is 0 Å². The number of hydrazone groups is 1. The standard InChI is InChI=1S/C28H23N3O5/c1-18-11-13-20(14-12-18)28(34)36-24-16-15-19-7-3-4-8-21(19)22(24)17-29-31-27(33)26(32)30-23-9-5-6-10-25(23)35-2/h3-17H,1-2H3,(H,30,32)(H,31,33). The van der Waals surface area contributed by atoms with Gasteiger partial charge in [-0.2, -0.15) is 5.10 Å². The fraction of sp³-hybridized carbons (Fsp3) is 0.0714. The molecule has 0 saturated heterocycles. The number of carbonyl (C=O) groups excluding carboxylic acids is 3. The second-order valence-electron chi connectivity index (χ2n) is 7.81. The monoisotopic (exact) mass is 481 g/mol. The van der Waals surface area contributed by atoms with Gasteiger partial charge >= 0.3 is 17.8 Å². The summed E-state index contributed by atoms with van der Waals surface area (Å²) in [6.07, 6.45) is 1.34. The molecule has 0 aliphatic carbocycles. The minimum absolute atomic E-state index is 0.260. The zero-order valence-electron chi connectivity index (χ0n) is 19.6. The van der Waals surface area contributed by atoms with Crippen molar-refractivity contribution < 1.29 is 23.9 Å². The maximum absolute atomic E-state index is 12.7. The van der Waals surface area contributed by atoms with Crippen LogP contribution in [0.4, 0.5) is 5.69 Å². The molecule has 0 aromatic heterocycles. The van der Waals surface area contributed by atoms with Crippen LogP contribution in [0.15, 0.2) is 90.0 Å². The number of hydrogen-bond donors (Lipinski definition) is 2. The van der Waals surface area contributed by atoms with Crippen molar-refractivity contribution in [3.63, 3.8) is 0 Å². The lowest BCUT2D eigenvalue weighted by atomic mass is 10.0. The molecule has 0 aliphatic heterocycles. The Morgan fingerprint density at radius 3 is 2.31 bits per heavy atom. The second kappa shape index (κ2) is 11.0. The SMILES string of the molecule is COc1ccccc1NC(=O)C(=O)NN=Cc1c(OC(=O)c2ccc(C)cc2)ccc2ccccc12. The Kier molecular flexibility index (Phi) is 7.36. The predicted octanol–water partition coefficient (Wildman–Crippen LogP) is 4.46. The van der Waals surface area contributed by atoms with Crippen LogP contribution in [-0.2, 0) is 9.59 Å². The molecule has 0 saturated carbocycles. The number of rotatable bonds is 6. The molecule has 0 bridgehead atoms. The van der Waals surface area contributed by atoms with E-state index in [0.717, 1.165) is 16.3 Å². The van der Waals surface area contributed by atoms with Crippen molar-refractivity contribution >= 4 is 40.5 Å². The molecule has 4 aromatic rings. The highest BCUT2D eigenvalue weighted by Gasteiger charge is 2.16. The smallest absolute Gasteiger partial charge is 0.343 e. The maximum Gasteiger partial charge on any atom is 0.343 e. The molecular weight excluding hydrogens is 458 g/mol. The molecule has 180 valence electrons. The number of benzene rings is 4. The van der Waals surface area contributed by atoms with E-state index in [1.165, 1.54) is 13.3 Å². The third-order valence-electron chi connectivity index (χ3n) is 5.34. The van der Waals surface area contributed by atoms with E-state index in [0.29, 0.717) is 22.6 Å². The minimum atomic E-state index is -0.976. The third kappa shape index (κ3) is 5.56. The van der Waals surface area contributed by atoms with Gasteiger partial charge in [-0.05, 0) is 48.0 Å². The topological polar surface area (TPSA) is 106 Å². The summed E-state index contributed by atoms with van der Waals surface area (Å²) in [5.74, 6) is -1.75. The first-order chi connectivity index (χ1) is 17.5. The van der Waals surface area contributed by atoms with Gasteiger partial charge in [0.25, 0.3) is 0 Å². The van der Waals surface area contributed by atoms with Crippen LogP contribution in [0.25, 0.3) is 10.8 Å². The summed E-state index contributed by atoms with van der Waals surface area (Å²) in [5, 5.41) is 8.06. The molecule has 0 fully saturated rings. The van der Waals surface area contributed by atoms with Crippen molar-refractivity contribution in [2.24, 2.45) is 5.10 Å². The lowest BCUT2D eigenvalue weighted by Crippen LogP contribution is -2.32. The Balaban J connectivity index is 1.54. The van der Waals surface area contributed by atoms with Gasteiger partial charge in [-0.1, -0.05) is 60.2 Å². The summed E-state index contributed by atoms with van der Waals surface area (Å²) in [7, 11) is 1.46. The quantitative estimate of drug-likeness (QED) is 0.139. The zero-order valence-corrected chi connectivity index (χ0v) is 19.6. The highest BCUT2D eigenvalue weighted by Crippen LogP contribution is 2.27. The van der Waals surface area contributed by atoms with Crippen LogP contribution < -0.4 is 20.2 Å². The van der Waals surface area contributed by atoms with Crippen LogP contribution in [0.2, 0.25) is 0 Å². The van der Waals surface area contributed by atoms with Crippen molar-refractivity contribution in [3.8, 4) is 11.5 Å². The van der Waals surface area contributed by atoms with E-state index in [1.54, 1.807) is 42.5 Å². The van der Waals surface area contributed by atoms with Crippen LogP contribution in [0.1, 0.15) is 21.5 Å². The number of nitrogens with zero attached hydrogens (tertiary/aromatic N) is 1. The van der Waals surface area contributed by atoms with Crippen molar-refractivity contribution in [2.75, 3.05) is 12.4 Å². The molecule has 2 amide bonds. The van der Waals surface area contributed by atoms with E-state index in [4.69, 9.17) is 9.47 Å². The van der Waals surface area contributed by atoms with Gasteiger partial charge in [-0.3, -0.25) is 9.59 Å². The van der Waals surface area contributed by atoms with Crippen LogP contribution in [0.3, 0.4) is 0 Å². The molecule has 0 atom stereocenters. The van der Waals surface area contributed by atoms with E-state index in [2.05, 4.69) is 15.8 Å². The van der Waals surface area contributed by atoms with Gasteiger partial charge in [0.15, 0.2) is 0 Å². The van der Waals surface area contributed by atoms with Crippen LogP contribution in [-0.4, -0.2) is 31.1 Å². The number of methoxy groups -OCH3 is 1. The van der Waals surface area contributed by atoms with Crippen molar-refractivity contribution in [1.82, 2.24) is 5.43 Å². The molecule has 0 aliphatic rings. The summed E-state index contributed by atoms with van der Waals surface area (Å²) < 4.78 is 10.8. The first-order valence-corrected chi connectivity index (χ1v) is 11.0. The lowest BCUT2D eigenvalue weighted by Gasteiger charge is -2.11. The van der Waals surface area contributed by atoms with E-state index < -0.39 is 17.8 Å². The predicted molar refractivity (Wildman–Crippen MR) is 137 cm³/mol. The second-order valence-corrected chi connectivity index (χ2v) is 7.81. The van der Waals surface area contributed by atoms with Crippen molar-refractivity contribution in [2.45, 2.75) is 6.92 Å². The summed E-state index contributed by atoms with van der Waals surface area (Å²) in [6.45, 7) is 1.93. The number of esters is 1. The summed E-state index contributed by atoms with van der Waals surface area (Å²) in [4.78, 5) is 37.3. The number of fused-ring (bicyclic) bond motifs is 1. The Hall–Kier alpha value is -4.98. The molecule has 4 rings (SSSR count). The van der Waals surface area contributed by atoms with Crippen LogP contribution in [0.5, 0.6) is 11.5 Å². The van der Waals surface area contributed by atoms with Crippen molar-refractivity contribution in [3.05, 3.63) is 102 Å². The van der Waals surface area contributed by atoms with Crippen LogP contribution >= 0.6 is 0 Å². The van der Waals surface area contributed by atoms with E-state index >= 15 is 0 Å². The number of hydrogen-bond acceptors (Lipinski definition) is 6. The maximum atomic E-state index is 12.7. The third-order valence-corrected chi connectivity index (χ3v) is 5.34. The van der Waals surface area contributed by atoms with Gasteiger partial charge in [0, 0.05) is 5.56 Å². The molecule has 0 unspecified atom stereocenters. The normalized spacial score (nSPS) is 10.7. The Bertz CT molecular complexity index is 1460. The molecule has 0 heterocycles. The number of nitrogens with one attached hydrogen (secondary N) is 2. The first-order valence-electron chi connectivity index (χ1n) is 11.0. The van der Waals surface area contributed by atoms with Gasteiger partial charge in [0.05, 0.1) is 24.6 Å². The minimum Gasteiger partial charge on any atom is -0.495 e. The number of anilines is 1. The molecule has 4 aromatic carbocycles. The van der Waals surface area contributed by atoms with Gasteiger partial charge in [-0.15, -0.1) is 0 Å². The molecule has 8 nitrogen and oxygen atoms in total. The van der Waals surface area contributed by atoms with Gasteiger partial charge in [0.2, 0.25) is 0 Å². The average Bonchev–Trinajstić information content (AvgIpc) is 2.90. The van der Waals surface area contributed by atoms with Gasteiger partial charge < -0.3 is 14.8 Å². The molecule has 36 heavy (non-hydrogen) atoms. The number of carbonyl (C=O) groups is 3. The average molecular weight is 482 g/mol. The molecule has 0 radical (unpaired) electrons. The molecule has 8 heteroatoms. The molecular formula is C28H23N3O5. The largest absolute Gasteiger partial charge is 0.495 e. The Morgan fingerprint density at radius 1 is 0.806 bits per heavy atom. The first kappa shape index (κ1) is 24.2. The Morgan fingerprint density at radius 2 is 1.53 bits per heavy atom. The van der Waals surface area contributed by atoms with E-state index in [-0.39, 0.29) is 5.75 Å². The fourth-order valence-corrected chi connectivity index (χ4v) is 3.48. The number of para-hydroxylation sites is 2. The van der Waals surface area contributed by atoms with Gasteiger partial charge in [0.1, 0.15) is 11.5 Å². The number of ether oxygens (including phenoxy) is 2. The summed E-state index contributed by atoms with van der Waals surface area (Å²) >= 11 is 0. The summed E-state index contributed by atoms with van der Waals surface area (Å²) in [6, 6.07) is 24.7. The number of amides is 2. The van der Waals surface area contributed by atoms with E-state index in [1.807, 2.05) is 49.4 Å². The highest BCUT2D eigenvalue weighted by atomic mass is 16.5. The lowest BCUT2D eigenvalue weighted by molar-refractivity contribution is -0.136. The zero-order chi connectivity index (χ0) is 25.5. The molecule has 2 N–H and O–H groups in total. The highest BCUT2D eigenvalue weighted by molar-refractivity contribution is 6.39. The van der Waals surface area contributed by atoms with E-state index in [9.17, 15) is 14.4 Å². The summed E-state index contributed by atoms with van der Waals surface area (Å²) in [5.41, 5.74) is 4.46. The number of aryl methyl sites for hydroxylation is 1. The van der Waals surface area contributed by atoms with Gasteiger partial charge in [-0.25, -0.2) is 10.2 Å². The molecule has 0 spiro atoms. The van der Waals surface area contributed by atoms with Crippen LogP contribution in [0, 0.1) is 6.92 Å². The Labute approximate surface area is 207 Å². The fourth-order valence-electron chi connectivity index (χ4n) is 3.48.